The van der Waals surface area contributed by atoms with Gasteiger partial charge in [0.1, 0.15) is 0 Å². The quantitative estimate of drug-likeness (QED) is 0.736. The number of benzene rings is 1. The van der Waals surface area contributed by atoms with E-state index in [1.807, 2.05) is 36.2 Å². The van der Waals surface area contributed by atoms with Crippen molar-refractivity contribution in [3.05, 3.63) is 42.0 Å². The molecule has 0 radical (unpaired) electrons. The van der Waals surface area contributed by atoms with Gasteiger partial charge < -0.3 is 4.90 Å². The summed E-state index contributed by atoms with van der Waals surface area (Å²) in [6.07, 6.45) is 4.00. The van der Waals surface area contributed by atoms with Crippen molar-refractivity contribution in [2.45, 2.75) is 18.9 Å². The Bertz CT molecular complexity index is 393. The molecule has 0 heterocycles. The summed E-state index contributed by atoms with van der Waals surface area (Å²) >= 11 is 0. The van der Waals surface area contributed by atoms with Crippen molar-refractivity contribution < 1.29 is 4.79 Å². The van der Waals surface area contributed by atoms with Crippen LogP contribution in [0.15, 0.2) is 30.8 Å². The van der Waals surface area contributed by atoms with Crippen LogP contribution in [0.1, 0.15) is 28.8 Å². The van der Waals surface area contributed by atoms with Crippen molar-refractivity contribution in [2.24, 2.45) is 0 Å². The fourth-order valence-electron chi connectivity index (χ4n) is 1.69. The van der Waals surface area contributed by atoms with Gasteiger partial charge in [0.05, 0.1) is 0 Å². The van der Waals surface area contributed by atoms with Gasteiger partial charge in [-0.25, -0.2) is 0 Å². The number of hydrogen-bond donors (Lipinski definition) is 0. The first-order valence-corrected chi connectivity index (χ1v) is 5.22. The highest BCUT2D eigenvalue weighted by atomic mass is 16.2. The number of rotatable bonds is 3. The second-order valence-corrected chi connectivity index (χ2v) is 3.94. The highest BCUT2D eigenvalue weighted by Crippen LogP contribution is 2.27. The molecule has 0 spiro atoms. The van der Waals surface area contributed by atoms with E-state index in [9.17, 15) is 4.79 Å². The summed E-state index contributed by atoms with van der Waals surface area (Å²) in [4.78, 5) is 13.9. The maximum atomic E-state index is 12.1. The van der Waals surface area contributed by atoms with Crippen molar-refractivity contribution in [2.75, 3.05) is 7.05 Å². The van der Waals surface area contributed by atoms with Gasteiger partial charge in [-0.2, -0.15) is 0 Å². The largest absolute Gasteiger partial charge is 0.339 e. The summed E-state index contributed by atoms with van der Waals surface area (Å²) in [5, 5.41) is 0. The smallest absolute Gasteiger partial charge is 0.254 e. The van der Waals surface area contributed by atoms with Crippen LogP contribution >= 0.6 is 0 Å². The van der Waals surface area contributed by atoms with Gasteiger partial charge in [-0.3, -0.25) is 4.79 Å². The Labute approximate surface area is 90.2 Å². The average molecular weight is 201 g/mol. The lowest BCUT2D eigenvalue weighted by molar-refractivity contribution is 0.0785. The molecule has 0 unspecified atom stereocenters. The maximum Gasteiger partial charge on any atom is 0.254 e. The predicted molar refractivity (Wildman–Crippen MR) is 61.6 cm³/mol. The Balaban J connectivity index is 2.27. The molecule has 2 rings (SSSR count). The number of amides is 1. The summed E-state index contributed by atoms with van der Waals surface area (Å²) in [5.74, 6) is 0.105. The molecule has 0 atom stereocenters. The molecule has 0 N–H and O–H groups in total. The van der Waals surface area contributed by atoms with Crippen LogP contribution < -0.4 is 0 Å². The molecule has 15 heavy (non-hydrogen) atoms. The Morgan fingerprint density at radius 1 is 1.47 bits per heavy atom. The van der Waals surface area contributed by atoms with Gasteiger partial charge in [-0.15, -0.1) is 0 Å². The molecule has 0 aromatic heterocycles. The topological polar surface area (TPSA) is 20.3 Å². The number of hydrogen-bond acceptors (Lipinski definition) is 1. The fourth-order valence-corrected chi connectivity index (χ4v) is 1.69. The minimum Gasteiger partial charge on any atom is -0.339 e. The van der Waals surface area contributed by atoms with Gasteiger partial charge in [-0.05, 0) is 24.5 Å². The second kappa shape index (κ2) is 3.89. The van der Waals surface area contributed by atoms with E-state index >= 15 is 0 Å². The van der Waals surface area contributed by atoms with Gasteiger partial charge in [0.25, 0.3) is 5.91 Å². The van der Waals surface area contributed by atoms with Crippen LogP contribution in [0.25, 0.3) is 6.08 Å². The fraction of sp³-hybridized carbons (Fsp3) is 0.308. The molecule has 0 bridgehead atoms. The Morgan fingerprint density at radius 3 is 2.73 bits per heavy atom. The molecular weight excluding hydrogens is 186 g/mol. The minimum absolute atomic E-state index is 0.105. The van der Waals surface area contributed by atoms with E-state index in [-0.39, 0.29) is 5.91 Å². The van der Waals surface area contributed by atoms with Gasteiger partial charge >= 0.3 is 0 Å². The molecule has 0 aliphatic heterocycles. The minimum atomic E-state index is 0.105. The molecule has 1 amide bonds. The normalized spacial score (nSPS) is 14.7. The Morgan fingerprint density at radius 2 is 2.13 bits per heavy atom. The number of nitrogens with zero attached hydrogens (tertiary/aromatic N) is 1. The third-order valence-corrected chi connectivity index (χ3v) is 2.83. The third kappa shape index (κ3) is 1.94. The summed E-state index contributed by atoms with van der Waals surface area (Å²) in [7, 11) is 1.87. The lowest BCUT2D eigenvalue weighted by Crippen LogP contribution is -2.29. The summed E-state index contributed by atoms with van der Waals surface area (Å²) in [5.41, 5.74) is 1.66. The maximum absolute atomic E-state index is 12.1. The highest BCUT2D eigenvalue weighted by Gasteiger charge is 2.30. The molecule has 1 fully saturated rings. The van der Waals surface area contributed by atoms with Crippen molar-refractivity contribution in [1.29, 1.82) is 0 Å². The van der Waals surface area contributed by atoms with Crippen molar-refractivity contribution in [3.63, 3.8) is 0 Å². The monoisotopic (exact) mass is 201 g/mol. The van der Waals surface area contributed by atoms with E-state index in [1.54, 1.807) is 6.08 Å². The van der Waals surface area contributed by atoms with E-state index in [1.165, 1.54) is 0 Å². The van der Waals surface area contributed by atoms with Crippen LogP contribution in [-0.4, -0.2) is 23.9 Å². The Hall–Kier alpha value is -1.57. The summed E-state index contributed by atoms with van der Waals surface area (Å²) < 4.78 is 0. The second-order valence-electron chi connectivity index (χ2n) is 3.94. The first-order chi connectivity index (χ1) is 7.24. The lowest BCUT2D eigenvalue weighted by Gasteiger charge is -2.17. The summed E-state index contributed by atoms with van der Waals surface area (Å²) in [6, 6.07) is 8.04. The molecule has 0 saturated heterocycles. The molecule has 1 aliphatic rings. The molecule has 1 aromatic carbocycles. The third-order valence-electron chi connectivity index (χ3n) is 2.83. The molecular formula is C13H15NO. The molecule has 1 saturated carbocycles. The van der Waals surface area contributed by atoms with Crippen LogP contribution in [-0.2, 0) is 0 Å². The molecule has 1 aliphatic carbocycles. The molecule has 2 heteroatoms. The van der Waals surface area contributed by atoms with Crippen LogP contribution in [0.2, 0.25) is 0 Å². The zero-order valence-electron chi connectivity index (χ0n) is 8.94. The van der Waals surface area contributed by atoms with Crippen LogP contribution in [0.4, 0.5) is 0 Å². The van der Waals surface area contributed by atoms with Gasteiger partial charge in [0.15, 0.2) is 0 Å². The van der Waals surface area contributed by atoms with Crippen LogP contribution in [0.5, 0.6) is 0 Å². The molecule has 2 nitrogen and oxygen atoms in total. The summed E-state index contributed by atoms with van der Waals surface area (Å²) in [6.45, 7) is 3.72. The highest BCUT2D eigenvalue weighted by molar-refractivity contribution is 5.97. The van der Waals surface area contributed by atoms with Crippen molar-refractivity contribution >= 4 is 12.0 Å². The predicted octanol–water partition coefficient (Wildman–Crippen LogP) is 2.56. The first-order valence-electron chi connectivity index (χ1n) is 5.22. The van der Waals surface area contributed by atoms with Crippen LogP contribution in [0.3, 0.4) is 0 Å². The molecule has 78 valence electrons. The van der Waals surface area contributed by atoms with E-state index in [0.29, 0.717) is 6.04 Å². The SMILES string of the molecule is C=Cc1ccccc1C(=O)N(C)C1CC1. The Kier molecular flexibility index (Phi) is 2.58. The average Bonchev–Trinajstić information content (AvgIpc) is 3.11. The number of carbonyl (C=O) groups excluding carboxylic acids is 1. The molecule has 1 aromatic rings. The van der Waals surface area contributed by atoms with Crippen molar-refractivity contribution in [1.82, 2.24) is 4.90 Å². The standard InChI is InChI=1S/C13H15NO/c1-3-10-6-4-5-7-12(10)13(15)14(2)11-8-9-11/h3-7,11H,1,8-9H2,2H3. The van der Waals surface area contributed by atoms with E-state index in [4.69, 9.17) is 0 Å². The zero-order chi connectivity index (χ0) is 10.8. The lowest BCUT2D eigenvalue weighted by atomic mass is 10.1. The van der Waals surface area contributed by atoms with Crippen LogP contribution in [0, 0.1) is 0 Å². The van der Waals surface area contributed by atoms with Gasteiger partial charge in [-0.1, -0.05) is 30.9 Å². The van der Waals surface area contributed by atoms with E-state index in [0.717, 1.165) is 24.0 Å². The number of carbonyl (C=O) groups is 1. The van der Waals surface area contributed by atoms with E-state index < -0.39 is 0 Å². The van der Waals surface area contributed by atoms with E-state index in [2.05, 4.69) is 6.58 Å². The first kappa shape index (κ1) is 9.97. The van der Waals surface area contributed by atoms with Gasteiger partial charge in [0.2, 0.25) is 0 Å². The van der Waals surface area contributed by atoms with Crippen molar-refractivity contribution in [3.8, 4) is 0 Å². The van der Waals surface area contributed by atoms with Gasteiger partial charge in [0, 0.05) is 18.7 Å². The zero-order valence-corrected chi connectivity index (χ0v) is 8.94.